The van der Waals surface area contributed by atoms with E-state index in [0.29, 0.717) is 26.2 Å². The Labute approximate surface area is 154 Å². The highest BCUT2D eigenvalue weighted by molar-refractivity contribution is 5.89. The predicted molar refractivity (Wildman–Crippen MR) is 101 cm³/mol. The minimum absolute atomic E-state index is 0.212. The summed E-state index contributed by atoms with van der Waals surface area (Å²) in [4.78, 5) is 17.6. The third-order valence-electron chi connectivity index (χ3n) is 4.29. The zero-order valence-electron chi connectivity index (χ0n) is 15.0. The highest BCUT2D eigenvalue weighted by Crippen LogP contribution is 2.11. The molecule has 0 unspecified atom stereocenters. The molecule has 1 aliphatic heterocycles. The lowest BCUT2D eigenvalue weighted by Gasteiger charge is -2.23. The third kappa shape index (κ3) is 5.43. The number of carbonyl (C=O) groups is 1. The molecule has 1 N–H and O–H groups in total. The number of benzene rings is 2. The lowest BCUT2D eigenvalue weighted by atomic mass is 10.0. The van der Waals surface area contributed by atoms with Crippen LogP contribution in [0.4, 0.5) is 0 Å². The predicted octanol–water partition coefficient (Wildman–Crippen LogP) is 3.36. The van der Waals surface area contributed by atoms with Gasteiger partial charge in [-0.3, -0.25) is 10.1 Å². The summed E-state index contributed by atoms with van der Waals surface area (Å²) < 4.78 is 5.42. The molecule has 2 aromatic carbocycles. The molecule has 5 heteroatoms. The average Bonchev–Trinajstić information content (AvgIpc) is 2.68. The Morgan fingerprint density at radius 1 is 1.12 bits per heavy atom. The molecule has 1 fully saturated rings. The van der Waals surface area contributed by atoms with Crippen LogP contribution >= 0.6 is 0 Å². The van der Waals surface area contributed by atoms with E-state index in [4.69, 9.17) is 9.57 Å². The number of esters is 1. The molecule has 5 nitrogen and oxygen atoms in total. The van der Waals surface area contributed by atoms with Crippen LogP contribution in [0.3, 0.4) is 0 Å². The van der Waals surface area contributed by atoms with Gasteiger partial charge in [0.2, 0.25) is 0 Å². The number of oxime groups is 1. The summed E-state index contributed by atoms with van der Waals surface area (Å²) in [5, 5.41) is 7.36. The molecule has 1 atom stereocenters. The van der Waals surface area contributed by atoms with Crippen LogP contribution in [0.15, 0.2) is 59.8 Å². The molecule has 136 valence electrons. The summed E-state index contributed by atoms with van der Waals surface area (Å²) in [6.07, 6.45) is 1.40. The van der Waals surface area contributed by atoms with Gasteiger partial charge in [-0.25, -0.2) is 0 Å². The van der Waals surface area contributed by atoms with E-state index in [1.807, 2.05) is 61.5 Å². The van der Waals surface area contributed by atoms with Gasteiger partial charge in [0.25, 0.3) is 0 Å². The highest BCUT2D eigenvalue weighted by Gasteiger charge is 2.25. The van der Waals surface area contributed by atoms with Gasteiger partial charge in [-0.1, -0.05) is 65.3 Å². The smallest absolute Gasteiger partial charge is 0.323 e. The quantitative estimate of drug-likeness (QED) is 0.640. The number of nitrogens with zero attached hydrogens (tertiary/aromatic N) is 1. The van der Waals surface area contributed by atoms with Crippen molar-refractivity contribution in [2.75, 3.05) is 6.54 Å². The summed E-state index contributed by atoms with van der Waals surface area (Å²) in [6, 6.07) is 17.6. The maximum atomic E-state index is 12.2. The number of ether oxygens (including phenoxy) is 1. The second-order valence-electron chi connectivity index (χ2n) is 6.49. The van der Waals surface area contributed by atoms with Crippen LogP contribution in [0.2, 0.25) is 0 Å². The maximum Gasteiger partial charge on any atom is 0.323 e. The monoisotopic (exact) mass is 352 g/mol. The van der Waals surface area contributed by atoms with E-state index in [-0.39, 0.29) is 12.0 Å². The number of carbonyl (C=O) groups excluding carboxylic acids is 1. The van der Waals surface area contributed by atoms with E-state index in [1.165, 1.54) is 0 Å². The van der Waals surface area contributed by atoms with Crippen molar-refractivity contribution in [1.29, 1.82) is 0 Å². The average molecular weight is 352 g/mol. The zero-order valence-corrected chi connectivity index (χ0v) is 15.0. The SMILES string of the molecule is Cc1cccc(COC(=O)[C@@H]2CC/C(=N/OCc3ccccc3)CN2)c1. The standard InChI is InChI=1S/C21H24N2O3/c1-16-6-5-9-18(12-16)14-25-21(24)20-11-10-19(13-22-20)23-26-15-17-7-3-2-4-8-17/h2-9,12,20,22H,10-11,13-15H2,1H3/b23-19-/t20-/m0/s1. The Morgan fingerprint density at radius 2 is 1.92 bits per heavy atom. The molecule has 1 heterocycles. The van der Waals surface area contributed by atoms with Gasteiger partial charge in [0, 0.05) is 6.54 Å². The van der Waals surface area contributed by atoms with E-state index in [1.54, 1.807) is 0 Å². The highest BCUT2D eigenvalue weighted by atomic mass is 16.6. The van der Waals surface area contributed by atoms with Crippen LogP contribution in [-0.4, -0.2) is 24.3 Å². The minimum atomic E-state index is -0.284. The fourth-order valence-electron chi connectivity index (χ4n) is 2.85. The van der Waals surface area contributed by atoms with E-state index in [0.717, 1.165) is 28.8 Å². The zero-order chi connectivity index (χ0) is 18.2. The molecule has 0 radical (unpaired) electrons. The van der Waals surface area contributed by atoms with Crippen molar-refractivity contribution in [1.82, 2.24) is 5.32 Å². The summed E-state index contributed by atoms with van der Waals surface area (Å²) in [5.74, 6) is -0.212. The second kappa shape index (κ2) is 9.15. The first-order valence-corrected chi connectivity index (χ1v) is 8.88. The number of hydrogen-bond donors (Lipinski definition) is 1. The number of rotatable bonds is 6. The van der Waals surface area contributed by atoms with Crippen molar-refractivity contribution in [2.45, 2.75) is 39.0 Å². The first kappa shape index (κ1) is 18.1. The Bertz CT molecular complexity index is 749. The van der Waals surface area contributed by atoms with Crippen LogP contribution in [0.25, 0.3) is 0 Å². The van der Waals surface area contributed by atoms with Crippen LogP contribution in [0, 0.1) is 6.92 Å². The van der Waals surface area contributed by atoms with E-state index in [2.05, 4.69) is 10.5 Å². The molecule has 0 aliphatic carbocycles. The molecular formula is C21H24N2O3. The van der Waals surface area contributed by atoms with Crippen LogP contribution < -0.4 is 5.32 Å². The number of piperidine rings is 1. The Balaban J connectivity index is 1.40. The van der Waals surface area contributed by atoms with E-state index < -0.39 is 0 Å². The van der Waals surface area contributed by atoms with Crippen molar-refractivity contribution >= 4 is 11.7 Å². The fourth-order valence-corrected chi connectivity index (χ4v) is 2.85. The topological polar surface area (TPSA) is 59.9 Å². The van der Waals surface area contributed by atoms with E-state index in [9.17, 15) is 4.79 Å². The molecule has 0 bridgehead atoms. The second-order valence-corrected chi connectivity index (χ2v) is 6.49. The number of nitrogens with one attached hydrogen (secondary N) is 1. The van der Waals surface area contributed by atoms with Crippen molar-refractivity contribution in [2.24, 2.45) is 5.16 Å². The summed E-state index contributed by atoms with van der Waals surface area (Å²) in [5.41, 5.74) is 4.17. The third-order valence-corrected chi connectivity index (χ3v) is 4.29. The normalized spacial score (nSPS) is 18.5. The summed E-state index contributed by atoms with van der Waals surface area (Å²) in [7, 11) is 0. The molecule has 0 aromatic heterocycles. The largest absolute Gasteiger partial charge is 0.460 e. The van der Waals surface area contributed by atoms with Gasteiger partial charge in [-0.05, 0) is 30.9 Å². The molecule has 1 aliphatic rings. The molecule has 2 aromatic rings. The molecule has 0 saturated carbocycles. The Kier molecular flexibility index (Phi) is 6.39. The molecule has 0 spiro atoms. The fraction of sp³-hybridized carbons (Fsp3) is 0.333. The van der Waals surface area contributed by atoms with Crippen molar-refractivity contribution < 1.29 is 14.4 Å². The van der Waals surface area contributed by atoms with Gasteiger partial charge < -0.3 is 9.57 Å². The summed E-state index contributed by atoms with van der Waals surface area (Å²) >= 11 is 0. The number of aryl methyl sites for hydroxylation is 1. The van der Waals surface area contributed by atoms with Gasteiger partial charge in [-0.2, -0.15) is 0 Å². The van der Waals surface area contributed by atoms with Crippen LogP contribution in [0.1, 0.15) is 29.5 Å². The Hall–Kier alpha value is -2.66. The lowest BCUT2D eigenvalue weighted by Crippen LogP contribution is -2.45. The van der Waals surface area contributed by atoms with Gasteiger partial charge in [0.1, 0.15) is 19.3 Å². The molecule has 0 amide bonds. The van der Waals surface area contributed by atoms with Crippen LogP contribution in [-0.2, 0) is 27.6 Å². The van der Waals surface area contributed by atoms with Gasteiger partial charge in [0.15, 0.2) is 0 Å². The van der Waals surface area contributed by atoms with Crippen molar-refractivity contribution in [3.63, 3.8) is 0 Å². The maximum absolute atomic E-state index is 12.2. The lowest BCUT2D eigenvalue weighted by molar-refractivity contribution is -0.147. The Morgan fingerprint density at radius 3 is 2.65 bits per heavy atom. The summed E-state index contributed by atoms with van der Waals surface area (Å²) in [6.45, 7) is 3.32. The van der Waals surface area contributed by atoms with Crippen molar-refractivity contribution in [3.8, 4) is 0 Å². The van der Waals surface area contributed by atoms with Crippen LogP contribution in [0.5, 0.6) is 0 Å². The van der Waals surface area contributed by atoms with Gasteiger partial charge in [0.05, 0.1) is 5.71 Å². The first-order valence-electron chi connectivity index (χ1n) is 8.88. The van der Waals surface area contributed by atoms with Crippen molar-refractivity contribution in [3.05, 3.63) is 71.3 Å². The van der Waals surface area contributed by atoms with E-state index >= 15 is 0 Å². The van der Waals surface area contributed by atoms with Gasteiger partial charge in [-0.15, -0.1) is 0 Å². The minimum Gasteiger partial charge on any atom is -0.460 e. The molecule has 1 saturated heterocycles. The molecule has 26 heavy (non-hydrogen) atoms. The van der Waals surface area contributed by atoms with Gasteiger partial charge >= 0.3 is 5.97 Å². The molecule has 3 rings (SSSR count). The first-order chi connectivity index (χ1) is 12.7. The number of hydrogen-bond acceptors (Lipinski definition) is 5. The molecular weight excluding hydrogens is 328 g/mol.